The molecule has 0 aliphatic rings. The highest BCUT2D eigenvalue weighted by Crippen LogP contribution is 2.17. The van der Waals surface area contributed by atoms with Gasteiger partial charge in [0.2, 0.25) is 0 Å². The number of urea groups is 1. The zero-order valence-corrected chi connectivity index (χ0v) is 12.3. The van der Waals surface area contributed by atoms with Gasteiger partial charge in [0.1, 0.15) is 5.75 Å². The molecule has 4 heteroatoms. The number of carbonyl (C=O) groups excluding carboxylic acids is 1. The van der Waals surface area contributed by atoms with Gasteiger partial charge < -0.3 is 15.3 Å². The van der Waals surface area contributed by atoms with E-state index in [0.717, 1.165) is 5.56 Å². The van der Waals surface area contributed by atoms with Crippen LogP contribution in [0.4, 0.5) is 10.5 Å². The summed E-state index contributed by atoms with van der Waals surface area (Å²) >= 11 is 0. The summed E-state index contributed by atoms with van der Waals surface area (Å²) in [7, 11) is 0. The highest BCUT2D eigenvalue weighted by molar-refractivity contribution is 5.89. The molecular weight excluding hydrogens is 264 g/mol. The topological polar surface area (TPSA) is 52.6 Å². The molecule has 0 spiro atoms. The van der Waals surface area contributed by atoms with Crippen molar-refractivity contribution in [1.29, 1.82) is 0 Å². The molecule has 0 heterocycles. The van der Waals surface area contributed by atoms with Gasteiger partial charge in [-0.05, 0) is 31.5 Å². The van der Waals surface area contributed by atoms with Crippen molar-refractivity contribution in [1.82, 2.24) is 4.90 Å². The molecule has 2 N–H and O–H groups in total. The predicted octanol–water partition coefficient (Wildman–Crippen LogP) is 3.83. The average Bonchev–Trinajstić information content (AvgIpc) is 2.45. The first-order chi connectivity index (χ1) is 10.1. The quantitative estimate of drug-likeness (QED) is 0.896. The van der Waals surface area contributed by atoms with Crippen molar-refractivity contribution in [3.05, 3.63) is 60.2 Å². The van der Waals surface area contributed by atoms with Crippen LogP contribution in [0.3, 0.4) is 0 Å². The van der Waals surface area contributed by atoms with Crippen LogP contribution in [-0.4, -0.2) is 22.1 Å². The summed E-state index contributed by atoms with van der Waals surface area (Å²) in [6, 6.07) is 16.3. The number of hydrogen-bond donors (Lipinski definition) is 2. The monoisotopic (exact) mass is 284 g/mol. The second-order valence-corrected chi connectivity index (χ2v) is 5.19. The summed E-state index contributed by atoms with van der Waals surface area (Å²) in [5.41, 5.74) is 1.66. The lowest BCUT2D eigenvalue weighted by atomic mass is 10.2. The largest absolute Gasteiger partial charge is 0.508 e. The fourth-order valence-electron chi connectivity index (χ4n) is 2.05. The number of hydrogen-bond acceptors (Lipinski definition) is 2. The molecule has 0 aromatic heterocycles. The van der Waals surface area contributed by atoms with Crippen LogP contribution in [-0.2, 0) is 6.54 Å². The van der Waals surface area contributed by atoms with Crippen LogP contribution >= 0.6 is 0 Å². The van der Waals surface area contributed by atoms with Crippen LogP contribution in [0.5, 0.6) is 5.75 Å². The van der Waals surface area contributed by atoms with Gasteiger partial charge in [0.25, 0.3) is 0 Å². The second-order valence-electron chi connectivity index (χ2n) is 5.19. The van der Waals surface area contributed by atoms with Gasteiger partial charge in [-0.3, -0.25) is 0 Å². The number of phenols is 1. The first kappa shape index (κ1) is 14.9. The highest BCUT2D eigenvalue weighted by Gasteiger charge is 2.17. The van der Waals surface area contributed by atoms with E-state index in [2.05, 4.69) is 5.32 Å². The molecule has 4 nitrogen and oxygen atoms in total. The third kappa shape index (κ3) is 4.24. The molecule has 0 saturated heterocycles. The Kier molecular flexibility index (Phi) is 4.82. The van der Waals surface area contributed by atoms with E-state index in [4.69, 9.17) is 0 Å². The van der Waals surface area contributed by atoms with Crippen molar-refractivity contribution < 1.29 is 9.90 Å². The van der Waals surface area contributed by atoms with Gasteiger partial charge in [-0.25, -0.2) is 4.79 Å². The van der Waals surface area contributed by atoms with E-state index >= 15 is 0 Å². The van der Waals surface area contributed by atoms with Crippen molar-refractivity contribution >= 4 is 11.7 Å². The number of aromatic hydroxyl groups is 1. The molecule has 0 aliphatic heterocycles. The molecule has 0 radical (unpaired) electrons. The van der Waals surface area contributed by atoms with Gasteiger partial charge in [-0.2, -0.15) is 0 Å². The van der Waals surface area contributed by atoms with Crippen molar-refractivity contribution in [2.75, 3.05) is 5.32 Å². The lowest BCUT2D eigenvalue weighted by Crippen LogP contribution is -2.39. The summed E-state index contributed by atoms with van der Waals surface area (Å²) in [6.07, 6.45) is 0. The molecule has 21 heavy (non-hydrogen) atoms. The minimum atomic E-state index is -0.181. The Hall–Kier alpha value is -2.49. The third-order valence-electron chi connectivity index (χ3n) is 3.18. The normalized spacial score (nSPS) is 10.4. The van der Waals surface area contributed by atoms with Crippen LogP contribution in [0.15, 0.2) is 54.6 Å². The van der Waals surface area contributed by atoms with Gasteiger partial charge >= 0.3 is 6.03 Å². The Bertz CT molecular complexity index is 597. The zero-order chi connectivity index (χ0) is 15.2. The van der Waals surface area contributed by atoms with Gasteiger partial charge in [0.05, 0.1) is 0 Å². The number of benzene rings is 2. The van der Waals surface area contributed by atoms with E-state index in [1.165, 1.54) is 6.07 Å². The van der Waals surface area contributed by atoms with E-state index in [0.29, 0.717) is 12.2 Å². The van der Waals surface area contributed by atoms with Crippen LogP contribution in [0.25, 0.3) is 0 Å². The maximum atomic E-state index is 12.4. The summed E-state index contributed by atoms with van der Waals surface area (Å²) in [4.78, 5) is 14.2. The van der Waals surface area contributed by atoms with Crippen molar-refractivity contribution in [3.8, 4) is 5.75 Å². The molecule has 0 aliphatic carbocycles. The highest BCUT2D eigenvalue weighted by atomic mass is 16.3. The molecule has 2 aromatic rings. The molecule has 2 aromatic carbocycles. The first-order valence-corrected chi connectivity index (χ1v) is 6.97. The van der Waals surface area contributed by atoms with Crippen molar-refractivity contribution in [2.24, 2.45) is 0 Å². The molecule has 0 saturated carbocycles. The number of nitrogens with zero attached hydrogens (tertiary/aromatic N) is 1. The molecule has 2 amide bonds. The lowest BCUT2D eigenvalue weighted by molar-refractivity contribution is 0.193. The SMILES string of the molecule is CC(C)N(Cc1ccccc1)C(=O)Nc1cccc(O)c1. The van der Waals surface area contributed by atoms with Gasteiger partial charge in [0.15, 0.2) is 0 Å². The number of rotatable bonds is 4. The lowest BCUT2D eigenvalue weighted by Gasteiger charge is -2.27. The van der Waals surface area contributed by atoms with Gasteiger partial charge in [-0.15, -0.1) is 0 Å². The summed E-state index contributed by atoms with van der Waals surface area (Å²) in [5, 5.41) is 12.3. The molecule has 0 fully saturated rings. The van der Waals surface area contributed by atoms with Crippen molar-refractivity contribution in [2.45, 2.75) is 26.4 Å². The number of nitrogens with one attached hydrogen (secondary N) is 1. The molecule has 2 rings (SSSR count). The fraction of sp³-hybridized carbons (Fsp3) is 0.235. The van der Waals surface area contributed by atoms with Gasteiger partial charge in [-0.1, -0.05) is 36.4 Å². The molecule has 0 atom stereocenters. The summed E-state index contributed by atoms with van der Waals surface area (Å²) in [5.74, 6) is 0.131. The Morgan fingerprint density at radius 2 is 1.86 bits per heavy atom. The van der Waals surface area contributed by atoms with Crippen LogP contribution in [0, 0.1) is 0 Å². The Labute approximate surface area is 125 Å². The first-order valence-electron chi connectivity index (χ1n) is 6.97. The number of carbonyl (C=O) groups is 1. The standard InChI is InChI=1S/C17H20N2O2/c1-13(2)19(12-14-7-4-3-5-8-14)17(21)18-15-9-6-10-16(20)11-15/h3-11,13,20H,12H2,1-2H3,(H,18,21). The maximum Gasteiger partial charge on any atom is 0.322 e. The molecule has 0 bridgehead atoms. The van der Waals surface area contributed by atoms with E-state index in [9.17, 15) is 9.90 Å². The Morgan fingerprint density at radius 3 is 2.48 bits per heavy atom. The van der Waals surface area contributed by atoms with E-state index in [-0.39, 0.29) is 17.8 Å². The molecule has 0 unspecified atom stereocenters. The summed E-state index contributed by atoms with van der Waals surface area (Å²) in [6.45, 7) is 4.50. The molecular formula is C17H20N2O2. The third-order valence-corrected chi connectivity index (χ3v) is 3.18. The number of phenolic OH excluding ortho intramolecular Hbond substituents is 1. The van der Waals surface area contributed by atoms with Crippen LogP contribution in [0.2, 0.25) is 0 Å². The fourth-order valence-corrected chi connectivity index (χ4v) is 2.05. The van der Waals surface area contributed by atoms with E-state index in [1.807, 2.05) is 44.2 Å². The van der Waals surface area contributed by atoms with Gasteiger partial charge in [0, 0.05) is 24.3 Å². The minimum Gasteiger partial charge on any atom is -0.508 e. The second kappa shape index (κ2) is 6.79. The Balaban J connectivity index is 2.09. The summed E-state index contributed by atoms with van der Waals surface area (Å²) < 4.78 is 0. The maximum absolute atomic E-state index is 12.4. The van der Waals surface area contributed by atoms with E-state index in [1.54, 1.807) is 23.1 Å². The number of amides is 2. The predicted molar refractivity (Wildman–Crippen MR) is 84.2 cm³/mol. The minimum absolute atomic E-state index is 0.0718. The average molecular weight is 284 g/mol. The van der Waals surface area contributed by atoms with E-state index < -0.39 is 0 Å². The zero-order valence-electron chi connectivity index (χ0n) is 12.3. The molecule has 110 valence electrons. The van der Waals surface area contributed by atoms with Crippen LogP contribution < -0.4 is 5.32 Å². The van der Waals surface area contributed by atoms with Crippen molar-refractivity contribution in [3.63, 3.8) is 0 Å². The number of anilines is 1. The van der Waals surface area contributed by atoms with Crippen LogP contribution in [0.1, 0.15) is 19.4 Å². The smallest absolute Gasteiger partial charge is 0.322 e. The Morgan fingerprint density at radius 1 is 1.14 bits per heavy atom.